The quantitative estimate of drug-likeness (QED) is 0.799. The van der Waals surface area contributed by atoms with Gasteiger partial charge in [-0.15, -0.1) is 11.3 Å². The third kappa shape index (κ3) is 2.62. The first-order valence-electron chi connectivity index (χ1n) is 6.13. The zero-order chi connectivity index (χ0) is 13.9. The van der Waals surface area contributed by atoms with E-state index in [0.29, 0.717) is 11.4 Å². The fourth-order valence-corrected chi connectivity index (χ4v) is 2.75. The zero-order valence-corrected chi connectivity index (χ0v) is 11.4. The Morgan fingerprint density at radius 1 is 1.15 bits per heavy atom. The number of carboxylic acid groups (broad SMARTS) is 1. The highest BCUT2D eigenvalue weighted by molar-refractivity contribution is 7.17. The average molecular weight is 284 g/mol. The molecule has 1 aromatic carbocycles. The van der Waals surface area contributed by atoms with Gasteiger partial charge in [-0.25, -0.2) is 4.79 Å². The molecule has 0 fully saturated rings. The van der Waals surface area contributed by atoms with E-state index < -0.39 is 5.97 Å². The number of benzene rings is 1. The largest absolute Gasteiger partial charge is 0.477 e. The topological polar surface area (TPSA) is 55.1 Å². The first kappa shape index (κ1) is 12.6. The summed E-state index contributed by atoms with van der Waals surface area (Å²) in [5, 5.41) is 13.4. The molecule has 1 N–H and O–H groups in total. The summed E-state index contributed by atoms with van der Waals surface area (Å²) >= 11 is 1.24. The third-order valence-corrected chi connectivity index (χ3v) is 3.99. The van der Waals surface area contributed by atoms with Crippen LogP contribution in [0.2, 0.25) is 0 Å². The minimum atomic E-state index is -0.898. The number of aromatic nitrogens is 2. The Morgan fingerprint density at radius 2 is 1.95 bits per heavy atom. The molecule has 5 heteroatoms. The predicted molar refractivity (Wildman–Crippen MR) is 78.0 cm³/mol. The van der Waals surface area contributed by atoms with Crippen molar-refractivity contribution < 1.29 is 9.90 Å². The second kappa shape index (κ2) is 5.30. The Hall–Kier alpha value is -2.40. The molecule has 0 radical (unpaired) electrons. The lowest BCUT2D eigenvalue weighted by Crippen LogP contribution is -1.99. The fraction of sp³-hybridized carbons (Fsp3) is 0.0667. The Labute approximate surface area is 119 Å². The van der Waals surface area contributed by atoms with E-state index in [1.807, 2.05) is 35.1 Å². The van der Waals surface area contributed by atoms with Crippen LogP contribution in [0, 0.1) is 0 Å². The molecule has 20 heavy (non-hydrogen) atoms. The molecule has 0 bridgehead atoms. The van der Waals surface area contributed by atoms with Gasteiger partial charge in [0, 0.05) is 6.20 Å². The van der Waals surface area contributed by atoms with Gasteiger partial charge in [-0.3, -0.25) is 4.68 Å². The number of hydrogen-bond acceptors (Lipinski definition) is 3. The summed E-state index contributed by atoms with van der Waals surface area (Å²) in [4.78, 5) is 12.1. The summed E-state index contributed by atoms with van der Waals surface area (Å²) in [6, 6.07) is 15.4. The Morgan fingerprint density at radius 3 is 2.65 bits per heavy atom. The van der Waals surface area contributed by atoms with Gasteiger partial charge < -0.3 is 5.11 Å². The standard InChI is InChI=1S/C15H12N2O2S/c18-15(19)14-7-6-13(20-14)12-8-9-17(16-12)10-11-4-2-1-3-5-11/h1-9H,10H2,(H,18,19). The first-order valence-corrected chi connectivity index (χ1v) is 6.95. The molecule has 0 amide bonds. The maximum atomic E-state index is 10.9. The van der Waals surface area contributed by atoms with Crippen LogP contribution in [-0.2, 0) is 6.54 Å². The monoisotopic (exact) mass is 284 g/mol. The molecule has 2 aromatic heterocycles. The summed E-state index contributed by atoms with van der Waals surface area (Å²) in [6.07, 6.45) is 1.91. The molecule has 0 saturated carbocycles. The van der Waals surface area contributed by atoms with Crippen LogP contribution < -0.4 is 0 Å². The molecular formula is C15H12N2O2S. The molecule has 0 aliphatic carbocycles. The van der Waals surface area contributed by atoms with Crippen molar-refractivity contribution in [1.29, 1.82) is 0 Å². The van der Waals surface area contributed by atoms with Crippen molar-refractivity contribution in [1.82, 2.24) is 9.78 Å². The molecule has 100 valence electrons. The maximum Gasteiger partial charge on any atom is 0.345 e. The molecule has 0 aliphatic rings. The van der Waals surface area contributed by atoms with Gasteiger partial charge in [-0.1, -0.05) is 30.3 Å². The predicted octanol–water partition coefficient (Wildman–Crippen LogP) is 3.36. The Balaban J connectivity index is 1.81. The minimum Gasteiger partial charge on any atom is -0.477 e. The highest BCUT2D eigenvalue weighted by Gasteiger charge is 2.10. The van der Waals surface area contributed by atoms with Gasteiger partial charge in [0.1, 0.15) is 10.6 Å². The van der Waals surface area contributed by atoms with Crippen molar-refractivity contribution in [3.05, 3.63) is 65.2 Å². The SMILES string of the molecule is O=C(O)c1ccc(-c2ccn(Cc3ccccc3)n2)s1. The van der Waals surface area contributed by atoms with E-state index in [0.717, 1.165) is 10.6 Å². The van der Waals surface area contributed by atoms with Gasteiger partial charge in [-0.2, -0.15) is 5.10 Å². The number of rotatable bonds is 4. The average Bonchev–Trinajstić information content (AvgIpc) is 3.08. The van der Waals surface area contributed by atoms with Gasteiger partial charge in [0.2, 0.25) is 0 Å². The lowest BCUT2D eigenvalue weighted by atomic mass is 10.2. The Bertz CT molecular complexity index is 731. The van der Waals surface area contributed by atoms with Crippen molar-refractivity contribution in [3.63, 3.8) is 0 Å². The second-order valence-corrected chi connectivity index (χ2v) is 5.44. The van der Waals surface area contributed by atoms with Crippen molar-refractivity contribution in [2.75, 3.05) is 0 Å². The van der Waals surface area contributed by atoms with Gasteiger partial charge in [0.25, 0.3) is 0 Å². The summed E-state index contributed by atoms with van der Waals surface area (Å²) in [7, 11) is 0. The summed E-state index contributed by atoms with van der Waals surface area (Å²) < 4.78 is 1.85. The number of carbonyl (C=O) groups is 1. The van der Waals surface area contributed by atoms with E-state index in [9.17, 15) is 4.79 Å². The van der Waals surface area contributed by atoms with Crippen LogP contribution in [0.5, 0.6) is 0 Å². The third-order valence-electron chi connectivity index (χ3n) is 2.90. The van der Waals surface area contributed by atoms with Crippen molar-refractivity contribution in [2.24, 2.45) is 0 Å². The smallest absolute Gasteiger partial charge is 0.345 e. The van der Waals surface area contributed by atoms with Gasteiger partial charge in [0.15, 0.2) is 0 Å². The van der Waals surface area contributed by atoms with Crippen LogP contribution in [0.15, 0.2) is 54.7 Å². The highest BCUT2D eigenvalue weighted by Crippen LogP contribution is 2.26. The minimum absolute atomic E-state index is 0.331. The molecular weight excluding hydrogens is 272 g/mol. The fourth-order valence-electron chi connectivity index (χ4n) is 1.94. The van der Waals surface area contributed by atoms with Gasteiger partial charge in [0.05, 0.1) is 11.4 Å². The molecule has 3 aromatic rings. The van der Waals surface area contributed by atoms with Crippen LogP contribution in [-0.4, -0.2) is 20.9 Å². The zero-order valence-electron chi connectivity index (χ0n) is 10.6. The number of hydrogen-bond donors (Lipinski definition) is 1. The molecule has 0 aliphatic heterocycles. The van der Waals surface area contributed by atoms with Gasteiger partial charge >= 0.3 is 5.97 Å². The van der Waals surface area contributed by atoms with E-state index in [-0.39, 0.29) is 0 Å². The molecule has 0 atom stereocenters. The lowest BCUT2D eigenvalue weighted by molar-refractivity contribution is 0.0702. The number of thiophene rings is 1. The van der Waals surface area contributed by atoms with Gasteiger partial charge in [-0.05, 0) is 23.8 Å². The lowest BCUT2D eigenvalue weighted by Gasteiger charge is -2.00. The van der Waals surface area contributed by atoms with E-state index in [1.165, 1.54) is 16.9 Å². The summed E-state index contributed by atoms with van der Waals surface area (Å²) in [6.45, 7) is 0.706. The number of nitrogens with zero attached hydrogens (tertiary/aromatic N) is 2. The van der Waals surface area contributed by atoms with E-state index in [2.05, 4.69) is 17.2 Å². The van der Waals surface area contributed by atoms with E-state index in [4.69, 9.17) is 5.11 Å². The normalized spacial score (nSPS) is 10.6. The van der Waals surface area contributed by atoms with Crippen molar-refractivity contribution in [2.45, 2.75) is 6.54 Å². The second-order valence-electron chi connectivity index (χ2n) is 4.35. The number of carboxylic acids is 1. The number of aromatic carboxylic acids is 1. The van der Waals surface area contributed by atoms with Crippen LogP contribution in [0.25, 0.3) is 10.6 Å². The molecule has 2 heterocycles. The summed E-state index contributed by atoms with van der Waals surface area (Å²) in [5.74, 6) is -0.898. The molecule has 0 saturated heterocycles. The highest BCUT2D eigenvalue weighted by atomic mass is 32.1. The van der Waals surface area contributed by atoms with Crippen LogP contribution in [0.1, 0.15) is 15.2 Å². The molecule has 3 rings (SSSR count). The molecule has 0 unspecified atom stereocenters. The van der Waals surface area contributed by atoms with Crippen molar-refractivity contribution >= 4 is 17.3 Å². The summed E-state index contributed by atoms with van der Waals surface area (Å²) in [5.41, 5.74) is 1.98. The Kier molecular flexibility index (Phi) is 3.35. The maximum absolute atomic E-state index is 10.9. The van der Waals surface area contributed by atoms with Crippen LogP contribution >= 0.6 is 11.3 Å². The van der Waals surface area contributed by atoms with Crippen LogP contribution in [0.3, 0.4) is 0 Å². The first-order chi connectivity index (χ1) is 9.72. The van der Waals surface area contributed by atoms with Crippen molar-refractivity contribution in [3.8, 4) is 10.6 Å². The van der Waals surface area contributed by atoms with E-state index in [1.54, 1.807) is 12.1 Å². The molecule has 4 nitrogen and oxygen atoms in total. The molecule has 0 spiro atoms. The van der Waals surface area contributed by atoms with E-state index >= 15 is 0 Å². The van der Waals surface area contributed by atoms with Crippen LogP contribution in [0.4, 0.5) is 0 Å².